The second-order valence-electron chi connectivity index (χ2n) is 5.56. The lowest BCUT2D eigenvalue weighted by Gasteiger charge is -2.22. The van der Waals surface area contributed by atoms with Crippen molar-refractivity contribution in [3.8, 4) is 0 Å². The van der Waals surface area contributed by atoms with Crippen LogP contribution >= 0.6 is 11.3 Å². The minimum atomic E-state index is -0.0384. The van der Waals surface area contributed by atoms with E-state index in [0.717, 1.165) is 48.0 Å². The molecule has 2 aromatic rings. The highest BCUT2D eigenvalue weighted by Crippen LogP contribution is 2.32. The summed E-state index contributed by atoms with van der Waals surface area (Å²) >= 11 is 1.63. The normalized spacial score (nSPS) is 17.9. The fourth-order valence-electron chi connectivity index (χ4n) is 2.77. The fraction of sp³-hybridized carbons (Fsp3) is 0.533. The fourth-order valence-corrected chi connectivity index (χ4v) is 3.42. The zero-order valence-corrected chi connectivity index (χ0v) is 13.7. The van der Waals surface area contributed by atoms with Crippen LogP contribution in [0.5, 0.6) is 0 Å². The van der Waals surface area contributed by atoms with Gasteiger partial charge in [-0.05, 0) is 26.7 Å². The van der Waals surface area contributed by atoms with Crippen molar-refractivity contribution in [2.45, 2.75) is 39.2 Å². The molecule has 0 saturated carbocycles. The number of nitrogens with zero attached hydrogens (tertiary/aromatic N) is 3. The largest absolute Gasteiger partial charge is 0.359 e. The number of carbonyl (C=O) groups is 1. The molecule has 22 heavy (non-hydrogen) atoms. The van der Waals surface area contributed by atoms with Crippen molar-refractivity contribution in [3.05, 3.63) is 33.6 Å². The number of carbonyl (C=O) groups excluding carboxylic acids is 1. The Morgan fingerprint density at radius 1 is 1.55 bits per heavy atom. The minimum Gasteiger partial charge on any atom is -0.359 e. The number of nitrogens with one attached hydrogen (secondary N) is 1. The van der Waals surface area contributed by atoms with E-state index in [0.29, 0.717) is 6.54 Å². The topological polar surface area (TPSA) is 71.3 Å². The third kappa shape index (κ3) is 3.30. The molecule has 2 amide bonds. The van der Waals surface area contributed by atoms with Crippen molar-refractivity contribution in [2.24, 2.45) is 0 Å². The van der Waals surface area contributed by atoms with Crippen molar-refractivity contribution >= 4 is 17.4 Å². The van der Waals surface area contributed by atoms with Crippen LogP contribution < -0.4 is 5.32 Å². The van der Waals surface area contributed by atoms with E-state index < -0.39 is 0 Å². The predicted octanol–water partition coefficient (Wildman–Crippen LogP) is 2.84. The number of aryl methyl sites for hydroxylation is 2. The van der Waals surface area contributed by atoms with Gasteiger partial charge in [-0.25, -0.2) is 9.78 Å². The second-order valence-corrected chi connectivity index (χ2v) is 6.62. The van der Waals surface area contributed by atoms with Gasteiger partial charge in [-0.1, -0.05) is 5.16 Å². The highest BCUT2D eigenvalue weighted by atomic mass is 32.1. The van der Waals surface area contributed by atoms with E-state index in [1.165, 1.54) is 0 Å². The van der Waals surface area contributed by atoms with E-state index in [4.69, 9.17) is 4.52 Å². The van der Waals surface area contributed by atoms with Gasteiger partial charge in [-0.3, -0.25) is 0 Å². The highest BCUT2D eigenvalue weighted by Gasteiger charge is 2.32. The molecule has 6 nitrogen and oxygen atoms in total. The number of urea groups is 1. The van der Waals surface area contributed by atoms with Crippen LogP contribution in [-0.2, 0) is 6.42 Å². The number of rotatable bonds is 4. The van der Waals surface area contributed by atoms with Gasteiger partial charge in [0.25, 0.3) is 0 Å². The Bertz CT molecular complexity index is 652. The van der Waals surface area contributed by atoms with E-state index in [1.807, 2.05) is 30.2 Å². The second kappa shape index (κ2) is 6.48. The molecule has 2 aromatic heterocycles. The maximum absolute atomic E-state index is 12.4. The first-order valence-electron chi connectivity index (χ1n) is 7.52. The minimum absolute atomic E-state index is 0.00252. The van der Waals surface area contributed by atoms with Gasteiger partial charge in [0.1, 0.15) is 0 Å². The lowest BCUT2D eigenvalue weighted by Crippen LogP contribution is -2.40. The van der Waals surface area contributed by atoms with Crippen molar-refractivity contribution in [3.63, 3.8) is 0 Å². The quantitative estimate of drug-likeness (QED) is 0.940. The Hall–Kier alpha value is -1.89. The summed E-state index contributed by atoms with van der Waals surface area (Å²) in [6.45, 7) is 5.23. The van der Waals surface area contributed by atoms with E-state index in [2.05, 4.69) is 15.5 Å². The van der Waals surface area contributed by atoms with Crippen LogP contribution in [0.1, 0.15) is 41.0 Å². The molecular formula is C15H20N4O2S. The van der Waals surface area contributed by atoms with Crippen LogP contribution in [0.2, 0.25) is 0 Å². The Balaban J connectivity index is 1.54. The van der Waals surface area contributed by atoms with Crippen LogP contribution in [-0.4, -0.2) is 34.2 Å². The zero-order valence-electron chi connectivity index (χ0n) is 12.8. The van der Waals surface area contributed by atoms with E-state index in [1.54, 1.807) is 11.3 Å². The summed E-state index contributed by atoms with van der Waals surface area (Å²) < 4.78 is 5.32. The SMILES string of the molecule is Cc1cc(C2CCCN2C(=O)NCCc2csc(C)n2)on1. The molecule has 1 unspecified atom stereocenters. The molecule has 0 bridgehead atoms. The monoisotopic (exact) mass is 320 g/mol. The molecule has 1 atom stereocenters. The standard InChI is InChI=1S/C15H20N4O2S/c1-10-8-14(21-18-10)13-4-3-7-19(13)15(20)16-6-5-12-9-22-11(2)17-12/h8-9,13H,3-7H2,1-2H3,(H,16,20). The molecule has 0 spiro atoms. The summed E-state index contributed by atoms with van der Waals surface area (Å²) in [5.74, 6) is 0.778. The van der Waals surface area contributed by atoms with Gasteiger partial charge >= 0.3 is 6.03 Å². The first kappa shape index (κ1) is 15.0. The van der Waals surface area contributed by atoms with E-state index in [9.17, 15) is 4.79 Å². The van der Waals surface area contributed by atoms with Gasteiger partial charge in [-0.2, -0.15) is 0 Å². The van der Waals surface area contributed by atoms with Gasteiger partial charge < -0.3 is 14.7 Å². The maximum atomic E-state index is 12.4. The van der Waals surface area contributed by atoms with Crippen molar-refractivity contribution in [2.75, 3.05) is 13.1 Å². The molecule has 0 aromatic carbocycles. The summed E-state index contributed by atoms with van der Waals surface area (Å²) in [5, 5.41) is 9.99. The van der Waals surface area contributed by atoms with Crippen molar-refractivity contribution in [1.82, 2.24) is 20.4 Å². The molecule has 1 saturated heterocycles. The molecule has 1 N–H and O–H groups in total. The number of amides is 2. The average Bonchev–Trinajstić information content (AvgIpc) is 3.19. The summed E-state index contributed by atoms with van der Waals surface area (Å²) in [6.07, 6.45) is 2.67. The molecule has 1 aliphatic rings. The molecule has 1 fully saturated rings. The molecule has 0 aliphatic carbocycles. The first-order valence-corrected chi connectivity index (χ1v) is 8.40. The van der Waals surface area contributed by atoms with Crippen molar-refractivity contribution in [1.29, 1.82) is 0 Å². The Labute approximate surface area is 133 Å². The van der Waals surface area contributed by atoms with E-state index in [-0.39, 0.29) is 12.1 Å². The summed E-state index contributed by atoms with van der Waals surface area (Å²) in [7, 11) is 0. The summed E-state index contributed by atoms with van der Waals surface area (Å²) in [6, 6.07) is 1.88. The van der Waals surface area contributed by atoms with Crippen LogP contribution in [0, 0.1) is 13.8 Å². The van der Waals surface area contributed by atoms with Gasteiger partial charge in [0, 0.05) is 31.0 Å². The lowest BCUT2D eigenvalue weighted by molar-refractivity contribution is 0.182. The molecule has 3 rings (SSSR count). The predicted molar refractivity (Wildman–Crippen MR) is 83.9 cm³/mol. The smallest absolute Gasteiger partial charge is 0.318 e. The third-order valence-electron chi connectivity index (χ3n) is 3.81. The van der Waals surface area contributed by atoms with Gasteiger partial charge in [-0.15, -0.1) is 11.3 Å². The molecule has 0 radical (unpaired) electrons. The van der Waals surface area contributed by atoms with Gasteiger partial charge in [0.05, 0.1) is 22.4 Å². The average molecular weight is 320 g/mol. The molecule has 3 heterocycles. The number of likely N-dealkylation sites (tertiary alicyclic amines) is 1. The zero-order chi connectivity index (χ0) is 15.5. The molecule has 7 heteroatoms. The van der Waals surface area contributed by atoms with Crippen LogP contribution in [0.25, 0.3) is 0 Å². The lowest BCUT2D eigenvalue weighted by atomic mass is 10.1. The van der Waals surface area contributed by atoms with Crippen LogP contribution in [0.4, 0.5) is 4.79 Å². The van der Waals surface area contributed by atoms with E-state index >= 15 is 0 Å². The molecular weight excluding hydrogens is 300 g/mol. The van der Waals surface area contributed by atoms with Crippen LogP contribution in [0.3, 0.4) is 0 Å². The number of hydrogen-bond acceptors (Lipinski definition) is 5. The van der Waals surface area contributed by atoms with Crippen LogP contribution in [0.15, 0.2) is 16.0 Å². The summed E-state index contributed by atoms with van der Waals surface area (Å²) in [5.41, 5.74) is 1.88. The van der Waals surface area contributed by atoms with Gasteiger partial charge in [0.2, 0.25) is 0 Å². The Kier molecular flexibility index (Phi) is 4.42. The highest BCUT2D eigenvalue weighted by molar-refractivity contribution is 7.09. The molecule has 118 valence electrons. The van der Waals surface area contributed by atoms with Crippen molar-refractivity contribution < 1.29 is 9.32 Å². The number of hydrogen-bond donors (Lipinski definition) is 1. The number of thiazole rings is 1. The Morgan fingerprint density at radius 2 is 2.41 bits per heavy atom. The first-order chi connectivity index (χ1) is 10.6. The van der Waals surface area contributed by atoms with Gasteiger partial charge in [0.15, 0.2) is 5.76 Å². The summed E-state index contributed by atoms with van der Waals surface area (Å²) in [4.78, 5) is 18.6. The Morgan fingerprint density at radius 3 is 3.09 bits per heavy atom. The number of aromatic nitrogens is 2. The molecule has 1 aliphatic heterocycles. The third-order valence-corrected chi connectivity index (χ3v) is 4.63. The maximum Gasteiger partial charge on any atom is 0.318 e.